The highest BCUT2D eigenvalue weighted by Gasteiger charge is 2.50. The van der Waals surface area contributed by atoms with Crippen LogP contribution in [0.3, 0.4) is 0 Å². The second-order valence-electron chi connectivity index (χ2n) is 7.74. The first kappa shape index (κ1) is 21.7. The van der Waals surface area contributed by atoms with Gasteiger partial charge in [0, 0.05) is 37.0 Å². The monoisotopic (exact) mass is 459 g/mol. The fraction of sp³-hybridized carbons (Fsp3) is 0.435. The molecule has 156 valence electrons. The molecule has 0 amide bonds. The first-order valence-corrected chi connectivity index (χ1v) is 10.8. The van der Waals surface area contributed by atoms with Crippen molar-refractivity contribution in [1.29, 1.82) is 0 Å². The fourth-order valence-corrected chi connectivity index (χ4v) is 4.57. The SMILES string of the molecule is C=C1/C=C\C=C/CCCCC2(C1)CC(NC(N)=NC)(OC)c1cc(Br)ccc1O2. The Morgan fingerprint density at radius 1 is 1.34 bits per heavy atom. The van der Waals surface area contributed by atoms with Crippen LogP contribution in [-0.2, 0) is 10.5 Å². The van der Waals surface area contributed by atoms with Crippen LogP contribution in [0.4, 0.5) is 0 Å². The maximum atomic E-state index is 6.69. The lowest BCUT2D eigenvalue weighted by Crippen LogP contribution is -2.58. The van der Waals surface area contributed by atoms with Gasteiger partial charge in [-0.25, -0.2) is 0 Å². The summed E-state index contributed by atoms with van der Waals surface area (Å²) in [4.78, 5) is 4.11. The Morgan fingerprint density at radius 3 is 2.93 bits per heavy atom. The number of hydrogen-bond acceptors (Lipinski definition) is 3. The van der Waals surface area contributed by atoms with Crippen LogP contribution in [0, 0.1) is 0 Å². The highest BCUT2D eigenvalue weighted by Crippen LogP contribution is 2.49. The van der Waals surface area contributed by atoms with E-state index < -0.39 is 11.3 Å². The molecule has 2 aliphatic rings. The number of fused-ring (bicyclic) bond motifs is 1. The lowest BCUT2D eigenvalue weighted by Gasteiger charge is -2.48. The molecule has 0 saturated carbocycles. The molecule has 2 atom stereocenters. The quantitative estimate of drug-likeness (QED) is 0.373. The minimum Gasteiger partial charge on any atom is -0.486 e. The van der Waals surface area contributed by atoms with Crippen molar-refractivity contribution < 1.29 is 9.47 Å². The van der Waals surface area contributed by atoms with Crippen LogP contribution >= 0.6 is 15.9 Å². The number of aliphatic imine (C=N–C) groups is 1. The average Bonchev–Trinajstić information content (AvgIpc) is 2.73. The van der Waals surface area contributed by atoms with Crippen molar-refractivity contribution in [2.24, 2.45) is 10.7 Å². The molecule has 1 heterocycles. The number of methoxy groups -OCH3 is 1. The van der Waals surface area contributed by atoms with E-state index in [0.717, 1.165) is 47.0 Å². The molecule has 1 aliphatic heterocycles. The van der Waals surface area contributed by atoms with Gasteiger partial charge in [-0.15, -0.1) is 0 Å². The maximum Gasteiger partial charge on any atom is 0.190 e. The second kappa shape index (κ2) is 9.18. The Labute approximate surface area is 181 Å². The molecule has 3 N–H and O–H groups in total. The van der Waals surface area contributed by atoms with Crippen LogP contribution in [0.15, 0.2) is 64.1 Å². The number of guanidine groups is 1. The third-order valence-corrected chi connectivity index (χ3v) is 6.07. The number of benzene rings is 1. The van der Waals surface area contributed by atoms with Gasteiger partial charge >= 0.3 is 0 Å². The molecule has 3 rings (SSSR count). The van der Waals surface area contributed by atoms with E-state index in [1.165, 1.54) is 0 Å². The topological polar surface area (TPSA) is 68.9 Å². The van der Waals surface area contributed by atoms with Crippen molar-refractivity contribution in [2.75, 3.05) is 14.2 Å². The smallest absolute Gasteiger partial charge is 0.190 e. The van der Waals surface area contributed by atoms with Gasteiger partial charge in [-0.3, -0.25) is 4.99 Å². The summed E-state index contributed by atoms with van der Waals surface area (Å²) in [7, 11) is 3.36. The molecule has 1 spiro atoms. The second-order valence-corrected chi connectivity index (χ2v) is 8.65. The van der Waals surface area contributed by atoms with E-state index in [-0.39, 0.29) is 0 Å². The normalized spacial score (nSPS) is 30.0. The Balaban J connectivity index is 2.08. The number of nitrogens with zero attached hydrogens (tertiary/aromatic N) is 1. The summed E-state index contributed by atoms with van der Waals surface area (Å²) in [5, 5.41) is 3.32. The zero-order valence-corrected chi connectivity index (χ0v) is 18.8. The van der Waals surface area contributed by atoms with Crippen molar-refractivity contribution in [3.05, 3.63) is 64.7 Å². The lowest BCUT2D eigenvalue weighted by molar-refractivity contribution is -0.115. The van der Waals surface area contributed by atoms with Gasteiger partial charge in [-0.05, 0) is 43.9 Å². The zero-order chi connectivity index (χ0) is 20.9. The lowest BCUT2D eigenvalue weighted by atomic mass is 9.77. The van der Waals surface area contributed by atoms with Crippen LogP contribution in [0.5, 0.6) is 5.75 Å². The number of ether oxygens (including phenoxy) is 2. The molecule has 0 bridgehead atoms. The highest BCUT2D eigenvalue weighted by atomic mass is 79.9. The molecule has 1 aromatic carbocycles. The number of allylic oxidation sites excluding steroid dienone is 4. The molecule has 5 nitrogen and oxygen atoms in total. The van der Waals surface area contributed by atoms with Crippen LogP contribution < -0.4 is 15.8 Å². The summed E-state index contributed by atoms with van der Waals surface area (Å²) in [6.45, 7) is 4.27. The minimum absolute atomic E-state index is 0.328. The minimum atomic E-state index is -0.844. The van der Waals surface area contributed by atoms with E-state index in [4.69, 9.17) is 15.2 Å². The Morgan fingerprint density at radius 2 is 2.17 bits per heavy atom. The van der Waals surface area contributed by atoms with Gasteiger partial charge in [0.05, 0.1) is 0 Å². The van der Waals surface area contributed by atoms with Gasteiger partial charge in [0.15, 0.2) is 11.7 Å². The number of nitrogens with one attached hydrogen (secondary N) is 1. The van der Waals surface area contributed by atoms with Gasteiger partial charge in [0.1, 0.15) is 11.4 Å². The van der Waals surface area contributed by atoms with E-state index in [1.54, 1.807) is 14.2 Å². The zero-order valence-electron chi connectivity index (χ0n) is 17.2. The van der Waals surface area contributed by atoms with Crippen molar-refractivity contribution in [3.8, 4) is 5.75 Å². The highest BCUT2D eigenvalue weighted by molar-refractivity contribution is 9.10. The molecule has 1 aromatic rings. The Kier molecular flexibility index (Phi) is 6.85. The van der Waals surface area contributed by atoms with Crippen molar-refractivity contribution in [1.82, 2.24) is 5.32 Å². The first-order valence-electron chi connectivity index (χ1n) is 9.98. The maximum absolute atomic E-state index is 6.69. The van der Waals surface area contributed by atoms with E-state index in [1.807, 2.05) is 18.2 Å². The van der Waals surface area contributed by atoms with Crippen molar-refractivity contribution >= 4 is 21.9 Å². The Bertz CT molecular complexity index is 849. The molecular formula is C23H30BrN3O2. The molecule has 29 heavy (non-hydrogen) atoms. The summed E-state index contributed by atoms with van der Waals surface area (Å²) >= 11 is 3.57. The van der Waals surface area contributed by atoms with Gasteiger partial charge < -0.3 is 20.5 Å². The van der Waals surface area contributed by atoms with E-state index >= 15 is 0 Å². The van der Waals surface area contributed by atoms with E-state index in [0.29, 0.717) is 18.8 Å². The molecule has 0 fully saturated rings. The number of nitrogens with two attached hydrogens (primary N) is 1. The van der Waals surface area contributed by atoms with Crippen LogP contribution in [0.2, 0.25) is 0 Å². The third kappa shape index (κ3) is 4.93. The van der Waals surface area contributed by atoms with Crippen LogP contribution in [-0.4, -0.2) is 25.7 Å². The molecule has 2 unspecified atom stereocenters. The number of hydrogen-bond donors (Lipinski definition) is 2. The molecular weight excluding hydrogens is 430 g/mol. The first-order chi connectivity index (χ1) is 13.9. The predicted octanol–water partition coefficient (Wildman–Crippen LogP) is 4.94. The largest absolute Gasteiger partial charge is 0.486 e. The molecule has 0 aromatic heterocycles. The molecule has 0 saturated heterocycles. The van der Waals surface area contributed by atoms with Gasteiger partial charge in [0.25, 0.3) is 0 Å². The average molecular weight is 460 g/mol. The molecule has 6 heteroatoms. The van der Waals surface area contributed by atoms with E-state index in [2.05, 4.69) is 57.1 Å². The van der Waals surface area contributed by atoms with Crippen LogP contribution in [0.1, 0.15) is 44.1 Å². The Hall–Kier alpha value is -2.05. The van der Waals surface area contributed by atoms with Crippen LogP contribution in [0.25, 0.3) is 0 Å². The summed E-state index contributed by atoms with van der Waals surface area (Å²) in [6, 6.07) is 5.99. The summed E-state index contributed by atoms with van der Waals surface area (Å²) in [6.07, 6.45) is 13.8. The molecule has 0 radical (unpaired) electrons. The van der Waals surface area contributed by atoms with Gasteiger partial charge in [0.2, 0.25) is 0 Å². The number of rotatable bonds is 2. The van der Waals surface area contributed by atoms with Crippen molar-refractivity contribution in [3.63, 3.8) is 0 Å². The standard InChI is InChI=1S/C23H30BrN3O2/c1-17-10-8-6-4-5-7-9-13-22(15-17)16-23(28-3,27-21(25)26-2)19-14-18(24)11-12-20(19)29-22/h4,6,8,10-12,14H,1,5,7,9,13,15-16H2,2-3H3,(H3,25,26,27)/b6-4-,10-8-. The van der Waals surface area contributed by atoms with E-state index in [9.17, 15) is 0 Å². The summed E-state index contributed by atoms with van der Waals surface area (Å²) in [5.41, 5.74) is 6.73. The van der Waals surface area contributed by atoms with Crippen molar-refractivity contribution in [2.45, 2.75) is 49.9 Å². The molecule has 1 aliphatic carbocycles. The number of halogens is 1. The van der Waals surface area contributed by atoms with Gasteiger partial charge in [-0.2, -0.15) is 0 Å². The summed E-state index contributed by atoms with van der Waals surface area (Å²) in [5.74, 6) is 1.12. The predicted molar refractivity (Wildman–Crippen MR) is 122 cm³/mol. The third-order valence-electron chi connectivity index (χ3n) is 5.58. The fourth-order valence-electron chi connectivity index (χ4n) is 4.21. The van der Waals surface area contributed by atoms with Gasteiger partial charge in [-0.1, -0.05) is 52.4 Å². The summed E-state index contributed by atoms with van der Waals surface area (Å²) < 4.78 is 13.8.